The largest absolute Gasteiger partial charge is 1.00 e. The molecule has 0 radical (unpaired) electrons. The molecule has 2 heterocycles. The number of unbranched alkanes of at least 4 members (excludes halogenated alkanes) is 2. The zero-order valence-corrected chi connectivity index (χ0v) is 29.0. The van der Waals surface area contributed by atoms with Crippen molar-refractivity contribution in [2.45, 2.75) is 57.3 Å². The van der Waals surface area contributed by atoms with Gasteiger partial charge in [0.1, 0.15) is 0 Å². The Kier molecular flexibility index (Phi) is 10.6. The van der Waals surface area contributed by atoms with Crippen LogP contribution in [0.3, 0.4) is 0 Å². The number of fused-ring (bicyclic) bond motifs is 1. The van der Waals surface area contributed by atoms with Gasteiger partial charge in [0, 0.05) is 44.1 Å². The third kappa shape index (κ3) is 7.21. The quantitative estimate of drug-likeness (QED) is 0.113. The van der Waals surface area contributed by atoms with Gasteiger partial charge >= 0.3 is 0 Å². The molecule has 0 N–H and O–H groups in total. The molecule has 0 bridgehead atoms. The smallest absolute Gasteiger partial charge is 0.261 e. The normalized spacial score (nSPS) is 14.8. The minimum atomic E-state index is -1.41. The highest BCUT2D eigenvalue weighted by molar-refractivity contribution is 6.77. The molecule has 0 unspecified atom stereocenters. The van der Waals surface area contributed by atoms with Crippen molar-refractivity contribution < 1.29 is 40.6 Å². The second kappa shape index (κ2) is 13.9. The van der Waals surface area contributed by atoms with Crippen LogP contribution in [0.2, 0.25) is 25.2 Å². The highest BCUT2D eigenvalue weighted by Gasteiger charge is 2.35. The molecule has 0 saturated carbocycles. The molecule has 0 fully saturated rings. The summed E-state index contributed by atoms with van der Waals surface area (Å²) in [4.78, 5) is 54.4. The van der Waals surface area contributed by atoms with E-state index in [1.807, 2.05) is 48.5 Å². The van der Waals surface area contributed by atoms with Crippen LogP contribution in [0.5, 0.6) is 0 Å². The van der Waals surface area contributed by atoms with E-state index in [2.05, 4.69) is 27.2 Å². The number of halogens is 1. The molecule has 0 aliphatic carbocycles. The number of hydrogen-bond acceptors (Lipinski definition) is 4. The molecule has 4 amide bonds. The van der Waals surface area contributed by atoms with Gasteiger partial charge in [-0.2, -0.15) is 0 Å². The fourth-order valence-corrected chi connectivity index (χ4v) is 9.23. The van der Waals surface area contributed by atoms with Gasteiger partial charge in [-0.05, 0) is 48.9 Å². The van der Waals surface area contributed by atoms with E-state index in [1.54, 1.807) is 12.1 Å². The number of imide groups is 2. The highest BCUT2D eigenvalue weighted by Crippen LogP contribution is 2.30. The van der Waals surface area contributed by atoms with Gasteiger partial charge < -0.3 is 21.5 Å². The fraction of sp³-hybridized carbons (Fsp3) is 0.429. The van der Waals surface area contributed by atoms with Crippen molar-refractivity contribution in [3.8, 4) is 0 Å². The summed E-state index contributed by atoms with van der Waals surface area (Å²) in [5, 5.41) is 1.71. The topological polar surface area (TPSA) is 74.8 Å². The summed E-state index contributed by atoms with van der Waals surface area (Å²) in [6.07, 6.45) is 5.17. The average Bonchev–Trinajstić information content (AvgIpc) is 3.22. The van der Waals surface area contributed by atoms with Gasteiger partial charge in [-0.3, -0.25) is 29.0 Å². The zero-order valence-electron chi connectivity index (χ0n) is 26.4. The van der Waals surface area contributed by atoms with Crippen molar-refractivity contribution in [1.29, 1.82) is 0 Å². The zero-order chi connectivity index (χ0) is 30.8. The maximum atomic E-state index is 13.2. The third-order valence-corrected chi connectivity index (χ3v) is 12.6. The Morgan fingerprint density at radius 2 is 1.02 bits per heavy atom. The molecule has 9 heteroatoms. The molecule has 2 aliphatic heterocycles. The summed E-state index contributed by atoms with van der Waals surface area (Å²) < 4.78 is 0.865. The van der Waals surface area contributed by atoms with Crippen molar-refractivity contribution in [3.05, 3.63) is 82.9 Å². The lowest BCUT2D eigenvalue weighted by molar-refractivity contribution is -0.890. The van der Waals surface area contributed by atoms with Crippen LogP contribution in [0.15, 0.2) is 60.7 Å². The van der Waals surface area contributed by atoms with Crippen molar-refractivity contribution in [2.24, 2.45) is 0 Å². The molecule has 5 rings (SSSR count). The number of benzene rings is 3. The molecule has 234 valence electrons. The number of quaternary nitrogens is 1. The number of rotatable bonds is 14. The molecular formula is C35H44BrN3O4Si. The number of carbonyl (C=O) groups excluding carboxylic acids is 4. The van der Waals surface area contributed by atoms with Crippen LogP contribution >= 0.6 is 0 Å². The summed E-state index contributed by atoms with van der Waals surface area (Å²) in [6.45, 7) is 7.73. The Labute approximate surface area is 272 Å². The van der Waals surface area contributed by atoms with Gasteiger partial charge in [-0.1, -0.05) is 68.0 Å². The van der Waals surface area contributed by atoms with E-state index in [0.29, 0.717) is 35.3 Å². The Morgan fingerprint density at radius 1 is 0.568 bits per heavy atom. The van der Waals surface area contributed by atoms with E-state index in [-0.39, 0.29) is 40.6 Å². The maximum Gasteiger partial charge on any atom is 0.261 e. The summed E-state index contributed by atoms with van der Waals surface area (Å²) in [5.41, 5.74) is 2.30. The van der Waals surface area contributed by atoms with E-state index >= 15 is 0 Å². The molecule has 3 aromatic carbocycles. The predicted octanol–water partition coefficient (Wildman–Crippen LogP) is 3.47. The first-order valence-electron chi connectivity index (χ1n) is 15.6. The van der Waals surface area contributed by atoms with Gasteiger partial charge in [0.25, 0.3) is 23.6 Å². The first-order valence-corrected chi connectivity index (χ1v) is 19.1. The lowest BCUT2D eigenvalue weighted by Gasteiger charge is -2.32. The lowest BCUT2D eigenvalue weighted by atomic mass is 9.94. The van der Waals surface area contributed by atoms with Crippen LogP contribution in [0, 0.1) is 0 Å². The fourth-order valence-electron chi connectivity index (χ4n) is 6.66. The molecule has 3 aromatic rings. The van der Waals surface area contributed by atoms with Crippen LogP contribution in [0.25, 0.3) is 10.8 Å². The van der Waals surface area contributed by atoms with Crippen LogP contribution in [-0.4, -0.2) is 86.3 Å². The Morgan fingerprint density at radius 3 is 1.59 bits per heavy atom. The predicted molar refractivity (Wildman–Crippen MR) is 173 cm³/mol. The summed E-state index contributed by atoms with van der Waals surface area (Å²) in [6, 6.07) is 20.8. The summed E-state index contributed by atoms with van der Waals surface area (Å²) >= 11 is 0. The standard InChI is InChI=1S/C35H44N3O4Si.BrH/c1-38(2,23-12-20-36-34(41)29-18-10-14-26-15-11-19-30(31(26)29)35(36)42)22-8-5-9-24-43(3,4)25-13-21-37-32(39)27-16-6-7-17-28(27)33(37)40;/h6-7,10-11,14-19H,5,8-9,12-13,20-25H2,1-4H3;1H/q+1;/p-1. The summed E-state index contributed by atoms with van der Waals surface area (Å²) in [7, 11) is 3.05. The second-order valence-electron chi connectivity index (χ2n) is 13.6. The van der Waals surface area contributed by atoms with Gasteiger partial charge in [0.2, 0.25) is 0 Å². The SMILES string of the molecule is C[N+](C)(CCCCC[Si](C)(C)CCCN1C(=O)c2ccccc2C1=O)CCCN1C(=O)c2cccc3cccc(c23)C1=O.[Br-]. The average molecular weight is 679 g/mol. The number of carbonyl (C=O) groups is 4. The minimum absolute atomic E-state index is 0. The van der Waals surface area contributed by atoms with Crippen LogP contribution in [0.4, 0.5) is 0 Å². The maximum absolute atomic E-state index is 13.2. The Balaban J connectivity index is 0.00000442. The van der Waals surface area contributed by atoms with Gasteiger partial charge in [-0.15, -0.1) is 0 Å². The van der Waals surface area contributed by atoms with Crippen LogP contribution in [0.1, 0.15) is 73.5 Å². The first-order chi connectivity index (χ1) is 20.5. The molecule has 0 spiro atoms. The number of nitrogens with zero attached hydrogens (tertiary/aromatic N) is 3. The number of amides is 4. The molecule has 0 atom stereocenters. The molecule has 2 aliphatic rings. The molecule has 0 aromatic heterocycles. The highest BCUT2D eigenvalue weighted by atomic mass is 79.9. The Bertz CT molecular complexity index is 1480. The molecule has 7 nitrogen and oxygen atoms in total. The third-order valence-electron chi connectivity index (χ3n) is 9.23. The van der Waals surface area contributed by atoms with Gasteiger partial charge in [0.15, 0.2) is 0 Å². The van der Waals surface area contributed by atoms with Gasteiger partial charge in [-0.25, -0.2) is 0 Å². The van der Waals surface area contributed by atoms with Gasteiger partial charge in [0.05, 0.1) is 38.3 Å². The minimum Gasteiger partial charge on any atom is -1.00 e. The lowest BCUT2D eigenvalue weighted by Crippen LogP contribution is -3.00. The molecular weight excluding hydrogens is 634 g/mol. The second-order valence-corrected chi connectivity index (χ2v) is 18.9. The molecule has 0 saturated heterocycles. The van der Waals surface area contributed by atoms with Crippen LogP contribution < -0.4 is 17.0 Å². The monoisotopic (exact) mass is 677 g/mol. The van der Waals surface area contributed by atoms with E-state index in [9.17, 15) is 19.2 Å². The van der Waals surface area contributed by atoms with Crippen molar-refractivity contribution >= 4 is 42.5 Å². The van der Waals surface area contributed by atoms with E-state index < -0.39 is 8.07 Å². The Hall–Kier alpha value is -3.14. The van der Waals surface area contributed by atoms with Crippen molar-refractivity contribution in [3.63, 3.8) is 0 Å². The summed E-state index contributed by atoms with van der Waals surface area (Å²) in [5.74, 6) is -0.680. The van der Waals surface area contributed by atoms with E-state index in [1.165, 1.54) is 28.7 Å². The molecule has 44 heavy (non-hydrogen) atoms. The first kappa shape index (κ1) is 33.7. The van der Waals surface area contributed by atoms with Crippen molar-refractivity contribution in [1.82, 2.24) is 9.80 Å². The number of hydrogen-bond donors (Lipinski definition) is 0. The van der Waals surface area contributed by atoms with Crippen LogP contribution in [-0.2, 0) is 0 Å². The van der Waals surface area contributed by atoms with E-state index in [4.69, 9.17) is 0 Å². The van der Waals surface area contributed by atoms with E-state index in [0.717, 1.165) is 53.7 Å². The van der Waals surface area contributed by atoms with Crippen molar-refractivity contribution in [2.75, 3.05) is 40.3 Å².